The molecule has 0 radical (unpaired) electrons. The minimum atomic E-state index is -3.39. The van der Waals surface area contributed by atoms with E-state index in [9.17, 15) is 8.42 Å². The molecule has 0 bridgehead atoms. The standard InChI is InChI=1S/C13H16N2O2S/c1-2-13(7-8-13)9-14-12-10-5-3-4-6-11(10)18(16,17)15-12/h3-6H,2,7-9H2,1H3,(H,14,15). The normalized spacial score (nSPS) is 24.6. The van der Waals surface area contributed by atoms with Crippen LogP contribution >= 0.6 is 0 Å². The van der Waals surface area contributed by atoms with Gasteiger partial charge < -0.3 is 0 Å². The Morgan fingerprint density at radius 3 is 2.72 bits per heavy atom. The van der Waals surface area contributed by atoms with Crippen LogP contribution in [0.1, 0.15) is 31.7 Å². The molecule has 1 aliphatic carbocycles. The molecule has 2 aliphatic rings. The van der Waals surface area contributed by atoms with Crippen molar-refractivity contribution in [2.24, 2.45) is 10.4 Å². The van der Waals surface area contributed by atoms with E-state index in [0.29, 0.717) is 21.7 Å². The first-order valence-corrected chi connectivity index (χ1v) is 7.71. The van der Waals surface area contributed by atoms with Gasteiger partial charge in [-0.1, -0.05) is 19.1 Å². The maximum absolute atomic E-state index is 11.9. The lowest BCUT2D eigenvalue weighted by atomic mass is 10.0. The number of sulfonamides is 1. The minimum absolute atomic E-state index is 0.329. The number of rotatable bonds is 3. The van der Waals surface area contributed by atoms with E-state index in [4.69, 9.17) is 0 Å². The second kappa shape index (κ2) is 3.82. The zero-order chi connectivity index (χ0) is 12.8. The van der Waals surface area contributed by atoms with E-state index in [1.165, 1.54) is 12.8 Å². The quantitative estimate of drug-likeness (QED) is 0.906. The summed E-state index contributed by atoms with van der Waals surface area (Å²) in [5.74, 6) is 0.505. The lowest BCUT2D eigenvalue weighted by molar-refractivity contribution is 0.506. The van der Waals surface area contributed by atoms with E-state index >= 15 is 0 Å². The molecule has 1 fully saturated rings. The maximum Gasteiger partial charge on any atom is 0.263 e. The number of nitrogens with zero attached hydrogens (tertiary/aromatic N) is 1. The Balaban J connectivity index is 1.94. The molecular formula is C13H16N2O2S. The third kappa shape index (κ3) is 1.82. The molecule has 1 N–H and O–H groups in total. The summed E-state index contributed by atoms with van der Waals surface area (Å²) in [5.41, 5.74) is 1.03. The number of aliphatic imine (C=N–C) groups is 1. The molecule has 1 aliphatic heterocycles. The molecule has 1 aromatic rings. The van der Waals surface area contributed by atoms with Gasteiger partial charge in [0.2, 0.25) is 0 Å². The molecule has 3 rings (SSSR count). The van der Waals surface area contributed by atoms with E-state index in [1.807, 2.05) is 6.07 Å². The highest BCUT2D eigenvalue weighted by Crippen LogP contribution is 2.48. The molecule has 96 valence electrons. The number of hydrogen-bond acceptors (Lipinski definition) is 3. The first-order chi connectivity index (χ1) is 8.56. The van der Waals surface area contributed by atoms with Crippen molar-refractivity contribution in [3.63, 3.8) is 0 Å². The van der Waals surface area contributed by atoms with E-state index in [-0.39, 0.29) is 0 Å². The fourth-order valence-corrected chi connectivity index (χ4v) is 3.55. The van der Waals surface area contributed by atoms with Gasteiger partial charge in [0.1, 0.15) is 5.84 Å². The summed E-state index contributed by atoms with van der Waals surface area (Å²) in [4.78, 5) is 4.83. The van der Waals surface area contributed by atoms with Crippen molar-refractivity contribution in [3.8, 4) is 0 Å². The van der Waals surface area contributed by atoms with E-state index < -0.39 is 10.0 Å². The van der Waals surface area contributed by atoms with E-state index in [2.05, 4.69) is 16.6 Å². The number of amidine groups is 1. The Hall–Kier alpha value is -1.36. The van der Waals surface area contributed by atoms with Gasteiger partial charge in [-0.2, -0.15) is 0 Å². The highest BCUT2D eigenvalue weighted by Gasteiger charge is 2.41. The predicted octanol–water partition coefficient (Wildman–Crippen LogP) is 1.92. The van der Waals surface area contributed by atoms with Crippen LogP contribution in [0.3, 0.4) is 0 Å². The molecule has 1 heterocycles. The zero-order valence-corrected chi connectivity index (χ0v) is 11.1. The molecule has 1 aromatic carbocycles. The van der Waals surface area contributed by atoms with Crippen LogP contribution in [-0.2, 0) is 10.0 Å². The van der Waals surface area contributed by atoms with Crippen LogP contribution in [0, 0.1) is 5.41 Å². The first-order valence-electron chi connectivity index (χ1n) is 6.23. The molecule has 0 saturated heterocycles. The first kappa shape index (κ1) is 11.7. The predicted molar refractivity (Wildman–Crippen MR) is 70.1 cm³/mol. The summed E-state index contributed by atoms with van der Waals surface area (Å²) in [6, 6.07) is 6.99. The lowest BCUT2D eigenvalue weighted by Crippen LogP contribution is -2.23. The number of nitrogens with one attached hydrogen (secondary N) is 1. The summed E-state index contributed by atoms with van der Waals surface area (Å²) < 4.78 is 26.3. The van der Waals surface area contributed by atoms with Crippen molar-refractivity contribution in [2.75, 3.05) is 6.54 Å². The second-order valence-electron chi connectivity index (χ2n) is 5.12. The number of hydrogen-bond donors (Lipinski definition) is 1. The third-order valence-electron chi connectivity index (χ3n) is 3.94. The SMILES string of the molecule is CCC1(CN=C2NS(=O)(=O)c3ccccc32)CC1. The zero-order valence-electron chi connectivity index (χ0n) is 10.3. The molecule has 0 spiro atoms. The average Bonchev–Trinajstić information content (AvgIpc) is 3.10. The van der Waals surface area contributed by atoms with Crippen LogP contribution in [-0.4, -0.2) is 20.8 Å². The van der Waals surface area contributed by atoms with Gasteiger partial charge in [-0.15, -0.1) is 0 Å². The van der Waals surface area contributed by atoms with E-state index in [0.717, 1.165) is 13.0 Å². The van der Waals surface area contributed by atoms with Gasteiger partial charge >= 0.3 is 0 Å². The van der Waals surface area contributed by atoms with Crippen LogP contribution in [0.2, 0.25) is 0 Å². The lowest BCUT2D eigenvalue weighted by Gasteiger charge is -2.08. The van der Waals surface area contributed by atoms with Crippen LogP contribution in [0.4, 0.5) is 0 Å². The molecule has 0 unspecified atom stereocenters. The van der Waals surface area contributed by atoms with Crippen molar-refractivity contribution in [2.45, 2.75) is 31.1 Å². The van der Waals surface area contributed by atoms with Gasteiger partial charge in [0.05, 0.1) is 4.90 Å². The molecule has 0 aromatic heterocycles. The van der Waals surface area contributed by atoms with Crippen molar-refractivity contribution in [1.82, 2.24) is 4.72 Å². The van der Waals surface area contributed by atoms with Crippen LogP contribution in [0.15, 0.2) is 34.2 Å². The Kier molecular flexibility index (Phi) is 2.48. The Morgan fingerprint density at radius 1 is 1.33 bits per heavy atom. The number of fused-ring (bicyclic) bond motifs is 1. The van der Waals surface area contributed by atoms with Crippen LogP contribution < -0.4 is 4.72 Å². The topological polar surface area (TPSA) is 58.5 Å². The van der Waals surface area contributed by atoms with Gasteiger partial charge in [0.15, 0.2) is 0 Å². The van der Waals surface area contributed by atoms with Crippen molar-refractivity contribution >= 4 is 15.9 Å². The molecular weight excluding hydrogens is 248 g/mol. The van der Waals surface area contributed by atoms with Crippen molar-refractivity contribution < 1.29 is 8.42 Å². The van der Waals surface area contributed by atoms with Gasteiger partial charge in [-0.05, 0) is 36.8 Å². The summed E-state index contributed by atoms with van der Waals surface area (Å²) in [7, 11) is -3.39. The Bertz CT molecular complexity index is 616. The average molecular weight is 264 g/mol. The van der Waals surface area contributed by atoms with Crippen LogP contribution in [0.25, 0.3) is 0 Å². The van der Waals surface area contributed by atoms with E-state index in [1.54, 1.807) is 18.2 Å². The van der Waals surface area contributed by atoms with Crippen molar-refractivity contribution in [3.05, 3.63) is 29.8 Å². The van der Waals surface area contributed by atoms with Crippen molar-refractivity contribution in [1.29, 1.82) is 0 Å². The maximum atomic E-state index is 11.9. The molecule has 4 nitrogen and oxygen atoms in total. The monoisotopic (exact) mass is 264 g/mol. The summed E-state index contributed by atoms with van der Waals surface area (Å²) in [6.07, 6.45) is 3.52. The highest BCUT2D eigenvalue weighted by atomic mass is 32.2. The fourth-order valence-electron chi connectivity index (χ4n) is 2.30. The molecule has 18 heavy (non-hydrogen) atoms. The Labute approximate surface area is 107 Å². The largest absolute Gasteiger partial charge is 0.267 e. The summed E-state index contributed by atoms with van der Waals surface area (Å²) >= 11 is 0. The van der Waals surface area contributed by atoms with Gasteiger partial charge in [0, 0.05) is 12.1 Å². The summed E-state index contributed by atoms with van der Waals surface area (Å²) in [5, 5.41) is 0. The van der Waals surface area contributed by atoms with Gasteiger partial charge in [-0.3, -0.25) is 9.71 Å². The number of benzene rings is 1. The molecule has 5 heteroatoms. The molecule has 1 saturated carbocycles. The highest BCUT2D eigenvalue weighted by molar-refractivity contribution is 7.90. The third-order valence-corrected chi connectivity index (χ3v) is 5.34. The summed E-state index contributed by atoms with van der Waals surface area (Å²) in [6.45, 7) is 2.88. The minimum Gasteiger partial charge on any atom is -0.267 e. The van der Waals surface area contributed by atoms with Gasteiger partial charge in [0.25, 0.3) is 10.0 Å². The Morgan fingerprint density at radius 2 is 2.06 bits per heavy atom. The smallest absolute Gasteiger partial charge is 0.263 e. The van der Waals surface area contributed by atoms with Crippen LogP contribution in [0.5, 0.6) is 0 Å². The second-order valence-corrected chi connectivity index (χ2v) is 6.77. The molecule has 0 amide bonds. The van der Waals surface area contributed by atoms with Gasteiger partial charge in [-0.25, -0.2) is 8.42 Å². The molecule has 0 atom stereocenters. The fraction of sp³-hybridized carbons (Fsp3) is 0.462.